The largest absolute Gasteiger partial charge is 0.456 e. The Morgan fingerprint density at radius 1 is 1.10 bits per heavy atom. The molecule has 2 aromatic heterocycles. The average molecular weight is 455 g/mol. The standard InChI is InChI=1S/C21H15ClN4O4S/c1-12-25-26-18(27)10-17(24-21(26)31-12)11-30-20(29)14-4-8-16(9-5-14)23-19(28)13-2-6-15(22)7-3-13/h2-10H,11H2,1H3,(H,23,28). The minimum atomic E-state index is -0.571. The number of amides is 1. The fourth-order valence-corrected chi connectivity index (χ4v) is 3.64. The van der Waals surface area contributed by atoms with Crippen molar-refractivity contribution in [1.82, 2.24) is 14.6 Å². The smallest absolute Gasteiger partial charge is 0.338 e. The second-order valence-electron chi connectivity index (χ2n) is 6.52. The third kappa shape index (κ3) is 4.79. The van der Waals surface area contributed by atoms with Crippen LogP contribution in [0.3, 0.4) is 0 Å². The van der Waals surface area contributed by atoms with Gasteiger partial charge >= 0.3 is 5.97 Å². The molecule has 0 saturated carbocycles. The Hall–Kier alpha value is -3.56. The maximum atomic E-state index is 12.3. The Morgan fingerprint density at radius 3 is 2.48 bits per heavy atom. The highest BCUT2D eigenvalue weighted by Crippen LogP contribution is 2.15. The van der Waals surface area contributed by atoms with Crippen molar-refractivity contribution in [3.05, 3.63) is 91.8 Å². The summed E-state index contributed by atoms with van der Waals surface area (Å²) < 4.78 is 6.47. The van der Waals surface area contributed by atoms with Gasteiger partial charge in [-0.15, -0.1) is 0 Å². The van der Waals surface area contributed by atoms with Gasteiger partial charge in [-0.3, -0.25) is 9.59 Å². The first-order chi connectivity index (χ1) is 14.9. The highest BCUT2D eigenvalue weighted by molar-refractivity contribution is 7.16. The van der Waals surface area contributed by atoms with Crippen molar-refractivity contribution < 1.29 is 14.3 Å². The molecule has 0 radical (unpaired) electrons. The SMILES string of the molecule is Cc1nn2c(=O)cc(COC(=O)c3ccc(NC(=O)c4ccc(Cl)cc4)cc3)nc2s1. The van der Waals surface area contributed by atoms with E-state index in [-0.39, 0.29) is 18.1 Å². The van der Waals surface area contributed by atoms with Crippen molar-refractivity contribution in [2.24, 2.45) is 0 Å². The zero-order valence-corrected chi connectivity index (χ0v) is 17.7. The molecule has 1 amide bonds. The summed E-state index contributed by atoms with van der Waals surface area (Å²) in [7, 11) is 0. The Kier molecular flexibility index (Phi) is 5.79. The molecule has 4 aromatic rings. The number of esters is 1. The minimum absolute atomic E-state index is 0.142. The highest BCUT2D eigenvalue weighted by Gasteiger charge is 2.12. The number of hydrogen-bond acceptors (Lipinski definition) is 7. The second-order valence-corrected chi connectivity index (χ2v) is 8.11. The maximum Gasteiger partial charge on any atom is 0.338 e. The van der Waals surface area contributed by atoms with Gasteiger partial charge in [0.05, 0.1) is 11.3 Å². The van der Waals surface area contributed by atoms with E-state index < -0.39 is 5.97 Å². The van der Waals surface area contributed by atoms with Crippen molar-refractivity contribution in [1.29, 1.82) is 0 Å². The van der Waals surface area contributed by atoms with Gasteiger partial charge in [0.15, 0.2) is 0 Å². The van der Waals surface area contributed by atoms with Crippen LogP contribution in [0.25, 0.3) is 4.96 Å². The molecule has 0 fully saturated rings. The molecular weight excluding hydrogens is 440 g/mol. The molecule has 0 bridgehead atoms. The van der Waals surface area contributed by atoms with Crippen LogP contribution in [0.5, 0.6) is 0 Å². The molecule has 2 heterocycles. The van der Waals surface area contributed by atoms with Gasteiger partial charge in [0, 0.05) is 22.3 Å². The number of aryl methyl sites for hydroxylation is 1. The van der Waals surface area contributed by atoms with Crippen LogP contribution >= 0.6 is 22.9 Å². The van der Waals surface area contributed by atoms with Gasteiger partial charge in [-0.25, -0.2) is 9.78 Å². The van der Waals surface area contributed by atoms with Crippen LogP contribution < -0.4 is 10.9 Å². The van der Waals surface area contributed by atoms with E-state index in [4.69, 9.17) is 16.3 Å². The Balaban J connectivity index is 1.38. The summed E-state index contributed by atoms with van der Waals surface area (Å²) in [6.45, 7) is 1.64. The summed E-state index contributed by atoms with van der Waals surface area (Å²) in [6, 6.07) is 14.1. The van der Waals surface area contributed by atoms with E-state index in [1.54, 1.807) is 43.3 Å². The van der Waals surface area contributed by atoms with Crippen molar-refractivity contribution >= 4 is 45.5 Å². The predicted octanol–water partition coefficient (Wildman–Crippen LogP) is 3.72. The Labute approximate surface area is 185 Å². The molecule has 0 aliphatic heterocycles. The lowest BCUT2D eigenvalue weighted by atomic mass is 10.2. The van der Waals surface area contributed by atoms with E-state index in [1.807, 2.05) is 0 Å². The number of carbonyl (C=O) groups is 2. The average Bonchev–Trinajstić information content (AvgIpc) is 3.14. The van der Waals surface area contributed by atoms with Crippen molar-refractivity contribution in [2.45, 2.75) is 13.5 Å². The van der Waals surface area contributed by atoms with E-state index >= 15 is 0 Å². The molecule has 0 atom stereocenters. The number of carbonyl (C=O) groups excluding carboxylic acids is 2. The van der Waals surface area contributed by atoms with Crippen LogP contribution in [0.1, 0.15) is 31.4 Å². The number of hydrogen-bond donors (Lipinski definition) is 1. The van der Waals surface area contributed by atoms with Gasteiger partial charge in [-0.05, 0) is 55.5 Å². The molecular formula is C21H15ClN4O4S. The van der Waals surface area contributed by atoms with Crippen molar-refractivity contribution in [3.8, 4) is 0 Å². The number of ether oxygens (including phenoxy) is 1. The number of nitrogens with one attached hydrogen (secondary N) is 1. The number of benzene rings is 2. The highest BCUT2D eigenvalue weighted by atomic mass is 35.5. The van der Waals surface area contributed by atoms with Gasteiger partial charge in [-0.1, -0.05) is 22.9 Å². The number of halogens is 1. The molecule has 2 aromatic carbocycles. The maximum absolute atomic E-state index is 12.3. The molecule has 0 aliphatic rings. The molecule has 0 unspecified atom stereocenters. The van der Waals surface area contributed by atoms with Crippen LogP contribution in [0, 0.1) is 6.92 Å². The van der Waals surface area contributed by atoms with E-state index in [0.29, 0.717) is 37.5 Å². The van der Waals surface area contributed by atoms with E-state index in [0.717, 1.165) is 0 Å². The van der Waals surface area contributed by atoms with Gasteiger partial charge < -0.3 is 10.1 Å². The first-order valence-electron chi connectivity index (χ1n) is 9.09. The summed E-state index contributed by atoms with van der Waals surface area (Å²) in [5.74, 6) is -0.865. The Bertz CT molecular complexity index is 1330. The summed E-state index contributed by atoms with van der Waals surface area (Å²) in [6.07, 6.45) is 0. The zero-order chi connectivity index (χ0) is 22.0. The number of fused-ring (bicyclic) bond motifs is 1. The van der Waals surface area contributed by atoms with Crippen LogP contribution in [-0.2, 0) is 11.3 Å². The molecule has 31 heavy (non-hydrogen) atoms. The lowest BCUT2D eigenvalue weighted by Gasteiger charge is -2.07. The monoisotopic (exact) mass is 454 g/mol. The lowest BCUT2D eigenvalue weighted by Crippen LogP contribution is -2.16. The predicted molar refractivity (Wildman–Crippen MR) is 117 cm³/mol. The van der Waals surface area contributed by atoms with Crippen LogP contribution in [0.15, 0.2) is 59.4 Å². The molecule has 4 rings (SSSR count). The van der Waals surface area contributed by atoms with Crippen LogP contribution in [-0.4, -0.2) is 26.5 Å². The molecule has 1 N–H and O–H groups in total. The normalized spacial score (nSPS) is 10.8. The minimum Gasteiger partial charge on any atom is -0.456 e. The molecule has 10 heteroatoms. The second kappa shape index (κ2) is 8.66. The Morgan fingerprint density at radius 2 is 1.77 bits per heavy atom. The van der Waals surface area contributed by atoms with Gasteiger partial charge in [0.25, 0.3) is 11.5 Å². The quantitative estimate of drug-likeness (QED) is 0.461. The number of nitrogens with zero attached hydrogens (tertiary/aromatic N) is 3. The lowest BCUT2D eigenvalue weighted by molar-refractivity contribution is 0.0467. The van der Waals surface area contributed by atoms with Crippen LogP contribution in [0.4, 0.5) is 5.69 Å². The fourth-order valence-electron chi connectivity index (χ4n) is 2.74. The summed E-state index contributed by atoms with van der Waals surface area (Å²) >= 11 is 7.10. The third-order valence-electron chi connectivity index (χ3n) is 4.24. The number of rotatable bonds is 5. The third-order valence-corrected chi connectivity index (χ3v) is 5.31. The topological polar surface area (TPSA) is 103 Å². The number of aromatic nitrogens is 3. The van der Waals surface area contributed by atoms with Gasteiger partial charge in [-0.2, -0.15) is 9.61 Å². The molecule has 0 aliphatic carbocycles. The molecule has 156 valence electrons. The van der Waals surface area contributed by atoms with E-state index in [2.05, 4.69) is 15.4 Å². The van der Waals surface area contributed by atoms with Crippen molar-refractivity contribution in [2.75, 3.05) is 5.32 Å². The van der Waals surface area contributed by atoms with E-state index in [1.165, 1.54) is 34.1 Å². The number of anilines is 1. The van der Waals surface area contributed by atoms with Crippen LogP contribution in [0.2, 0.25) is 5.02 Å². The summed E-state index contributed by atoms with van der Waals surface area (Å²) in [5, 5.41) is 8.06. The van der Waals surface area contributed by atoms with Gasteiger partial charge in [0.2, 0.25) is 4.96 Å². The molecule has 8 nitrogen and oxygen atoms in total. The van der Waals surface area contributed by atoms with Gasteiger partial charge in [0.1, 0.15) is 11.6 Å². The first kappa shape index (κ1) is 20.7. The van der Waals surface area contributed by atoms with Crippen molar-refractivity contribution in [3.63, 3.8) is 0 Å². The fraction of sp³-hybridized carbons (Fsp3) is 0.0952. The molecule has 0 saturated heterocycles. The molecule has 0 spiro atoms. The first-order valence-corrected chi connectivity index (χ1v) is 10.3. The zero-order valence-electron chi connectivity index (χ0n) is 16.2. The summed E-state index contributed by atoms with van der Waals surface area (Å²) in [5.41, 5.74) is 1.30. The van der Waals surface area contributed by atoms with E-state index in [9.17, 15) is 14.4 Å². The summed E-state index contributed by atoms with van der Waals surface area (Å²) in [4.78, 5) is 41.3.